The third kappa shape index (κ3) is 4.67. The van der Waals surface area contributed by atoms with Crippen LogP contribution in [0.1, 0.15) is 38.5 Å². The highest BCUT2D eigenvalue weighted by Gasteiger charge is 2.39. The van der Waals surface area contributed by atoms with Crippen LogP contribution in [0.25, 0.3) is 0 Å². The predicted octanol–water partition coefficient (Wildman–Crippen LogP) is 1.58. The van der Waals surface area contributed by atoms with Gasteiger partial charge in [0, 0.05) is 36.1 Å². The van der Waals surface area contributed by atoms with Crippen LogP contribution in [0.3, 0.4) is 0 Å². The van der Waals surface area contributed by atoms with E-state index in [-0.39, 0.29) is 5.91 Å². The highest BCUT2D eigenvalue weighted by atomic mass is 35.5. The van der Waals surface area contributed by atoms with E-state index >= 15 is 0 Å². The molecule has 164 valence electrons. The summed E-state index contributed by atoms with van der Waals surface area (Å²) in [5.41, 5.74) is 7.57. The maximum absolute atomic E-state index is 13.0. The molecule has 0 bridgehead atoms. The number of amidine groups is 2. The molecule has 3 heterocycles. The molecule has 0 radical (unpaired) electrons. The molecule has 0 saturated heterocycles. The third-order valence-corrected chi connectivity index (χ3v) is 6.23. The number of aromatic nitrogens is 1. The molecule has 1 aromatic rings. The number of rotatable bonds is 5. The summed E-state index contributed by atoms with van der Waals surface area (Å²) in [7, 11) is 0. The smallest absolute Gasteiger partial charge is 0.251 e. The number of halogens is 1. The summed E-state index contributed by atoms with van der Waals surface area (Å²) in [5, 5.41) is 16.8. The SMILES string of the molecule is NC1CCC(NC2=NN3C(=NCC3C(=O)Nc3ccnc(Cl)c3)C(NC3CC3)=C2)CC1. The van der Waals surface area contributed by atoms with Gasteiger partial charge in [-0.2, -0.15) is 5.10 Å². The van der Waals surface area contributed by atoms with Crippen LogP contribution in [0.15, 0.2) is 40.2 Å². The normalized spacial score (nSPS) is 27.6. The Hall–Kier alpha value is -2.65. The van der Waals surface area contributed by atoms with Crippen molar-refractivity contribution in [1.82, 2.24) is 20.6 Å². The Bertz CT molecular complexity index is 948. The first-order valence-electron chi connectivity index (χ1n) is 10.9. The van der Waals surface area contributed by atoms with E-state index in [1.165, 1.54) is 0 Å². The van der Waals surface area contributed by atoms with Gasteiger partial charge in [0.05, 0.1) is 12.2 Å². The van der Waals surface area contributed by atoms with Crippen molar-refractivity contribution >= 4 is 34.9 Å². The Morgan fingerprint density at radius 1 is 1.13 bits per heavy atom. The summed E-state index contributed by atoms with van der Waals surface area (Å²) in [6.45, 7) is 0.346. The zero-order chi connectivity index (χ0) is 21.4. The molecule has 1 atom stereocenters. The number of nitrogens with zero attached hydrogens (tertiary/aromatic N) is 4. The van der Waals surface area contributed by atoms with Gasteiger partial charge in [0.15, 0.2) is 11.9 Å². The Labute approximate surface area is 186 Å². The lowest BCUT2D eigenvalue weighted by molar-refractivity contribution is -0.119. The number of hydrazone groups is 1. The lowest BCUT2D eigenvalue weighted by atomic mass is 9.92. The summed E-state index contributed by atoms with van der Waals surface area (Å²) >= 11 is 5.94. The zero-order valence-corrected chi connectivity index (χ0v) is 18.0. The van der Waals surface area contributed by atoms with E-state index in [0.717, 1.165) is 55.9 Å². The molecule has 2 aliphatic carbocycles. The zero-order valence-electron chi connectivity index (χ0n) is 17.2. The second-order valence-electron chi connectivity index (χ2n) is 8.60. The van der Waals surface area contributed by atoms with Gasteiger partial charge in [-0.3, -0.25) is 9.79 Å². The molecule has 1 unspecified atom stereocenters. The molecule has 2 fully saturated rings. The fourth-order valence-corrected chi connectivity index (χ4v) is 4.31. The Balaban J connectivity index is 1.33. The van der Waals surface area contributed by atoms with Gasteiger partial charge in [0.2, 0.25) is 0 Å². The topological polar surface area (TPSA) is 120 Å². The van der Waals surface area contributed by atoms with Crippen molar-refractivity contribution in [3.63, 3.8) is 0 Å². The van der Waals surface area contributed by atoms with Crippen LogP contribution in [0, 0.1) is 0 Å². The molecule has 1 amide bonds. The largest absolute Gasteiger partial charge is 0.379 e. The van der Waals surface area contributed by atoms with Crippen LogP contribution in [-0.2, 0) is 4.79 Å². The number of hydrogen-bond donors (Lipinski definition) is 4. The predicted molar refractivity (Wildman–Crippen MR) is 121 cm³/mol. The molecule has 5 N–H and O–H groups in total. The fraction of sp³-hybridized carbons (Fsp3) is 0.524. The number of hydrogen-bond acceptors (Lipinski definition) is 8. The monoisotopic (exact) mass is 442 g/mol. The molecule has 1 aromatic heterocycles. The standard InChI is InChI=1S/C21H27ClN8O/c22-18-9-15(7-8-24-18)28-21(31)17-11-25-20-16(26-13-5-6-13)10-19(29-30(17)20)27-14-3-1-12(23)2-4-14/h7-10,12-14,17,26H,1-6,11,23H2,(H,27,29)(H,24,28,31). The third-order valence-electron chi connectivity index (χ3n) is 6.02. The first kappa shape index (κ1) is 20.3. The van der Waals surface area contributed by atoms with Crippen molar-refractivity contribution < 1.29 is 4.79 Å². The van der Waals surface area contributed by atoms with Crippen LogP contribution < -0.4 is 21.7 Å². The molecular formula is C21H27ClN8O. The second kappa shape index (κ2) is 8.47. The van der Waals surface area contributed by atoms with E-state index in [9.17, 15) is 4.79 Å². The highest BCUT2D eigenvalue weighted by molar-refractivity contribution is 6.29. The average Bonchev–Trinajstić information content (AvgIpc) is 3.45. The maximum atomic E-state index is 13.0. The van der Waals surface area contributed by atoms with Gasteiger partial charge in [-0.1, -0.05) is 11.6 Å². The maximum Gasteiger partial charge on any atom is 0.251 e. The van der Waals surface area contributed by atoms with Gasteiger partial charge in [-0.05, 0) is 50.7 Å². The van der Waals surface area contributed by atoms with Gasteiger partial charge in [-0.25, -0.2) is 9.99 Å². The van der Waals surface area contributed by atoms with Crippen LogP contribution in [-0.4, -0.2) is 58.3 Å². The van der Waals surface area contributed by atoms with E-state index in [1.54, 1.807) is 23.3 Å². The molecule has 5 rings (SSSR count). The Kier molecular flexibility index (Phi) is 5.54. The molecule has 4 aliphatic rings. The lowest BCUT2D eigenvalue weighted by Crippen LogP contribution is -2.48. The van der Waals surface area contributed by atoms with E-state index < -0.39 is 6.04 Å². The van der Waals surface area contributed by atoms with Gasteiger partial charge in [0.25, 0.3) is 5.91 Å². The van der Waals surface area contributed by atoms with Gasteiger partial charge < -0.3 is 21.7 Å². The number of carbonyl (C=O) groups excluding carboxylic acids is 1. The Morgan fingerprint density at radius 2 is 1.87 bits per heavy atom. The van der Waals surface area contributed by atoms with Gasteiger partial charge in [0.1, 0.15) is 11.0 Å². The first-order chi connectivity index (χ1) is 15.0. The second-order valence-corrected chi connectivity index (χ2v) is 8.99. The Morgan fingerprint density at radius 3 is 2.61 bits per heavy atom. The minimum absolute atomic E-state index is 0.180. The summed E-state index contributed by atoms with van der Waals surface area (Å²) < 4.78 is 0. The van der Waals surface area contributed by atoms with Crippen molar-refractivity contribution in [1.29, 1.82) is 0 Å². The van der Waals surface area contributed by atoms with Gasteiger partial charge >= 0.3 is 0 Å². The van der Waals surface area contributed by atoms with Crippen LogP contribution in [0.4, 0.5) is 5.69 Å². The van der Waals surface area contributed by atoms with E-state index in [1.807, 2.05) is 6.08 Å². The van der Waals surface area contributed by atoms with Crippen molar-refractivity contribution in [2.24, 2.45) is 15.8 Å². The van der Waals surface area contributed by atoms with Crippen LogP contribution >= 0.6 is 11.6 Å². The number of nitrogens with one attached hydrogen (secondary N) is 3. The van der Waals surface area contributed by atoms with Crippen LogP contribution in [0.5, 0.6) is 0 Å². The average molecular weight is 443 g/mol. The molecule has 31 heavy (non-hydrogen) atoms. The molecule has 9 nitrogen and oxygen atoms in total. The number of anilines is 1. The first-order valence-corrected chi connectivity index (χ1v) is 11.3. The number of pyridine rings is 1. The number of fused-ring (bicyclic) bond motifs is 1. The highest BCUT2D eigenvalue weighted by Crippen LogP contribution is 2.26. The van der Waals surface area contributed by atoms with E-state index in [4.69, 9.17) is 22.4 Å². The minimum Gasteiger partial charge on any atom is -0.379 e. The van der Waals surface area contributed by atoms with Crippen LogP contribution in [0.2, 0.25) is 5.15 Å². The quantitative estimate of drug-likeness (QED) is 0.514. The van der Waals surface area contributed by atoms with Crippen molar-refractivity contribution in [3.8, 4) is 0 Å². The number of carbonyl (C=O) groups is 1. The molecule has 0 aromatic carbocycles. The molecule has 0 spiro atoms. The summed E-state index contributed by atoms with van der Waals surface area (Å²) in [5.74, 6) is 1.30. The summed E-state index contributed by atoms with van der Waals surface area (Å²) in [6.07, 6.45) is 9.95. The summed E-state index contributed by atoms with van der Waals surface area (Å²) in [6, 6.07) is 3.90. The van der Waals surface area contributed by atoms with E-state index in [0.29, 0.717) is 35.5 Å². The van der Waals surface area contributed by atoms with Gasteiger partial charge in [-0.15, -0.1) is 0 Å². The fourth-order valence-electron chi connectivity index (χ4n) is 4.14. The summed E-state index contributed by atoms with van der Waals surface area (Å²) in [4.78, 5) is 21.6. The number of aliphatic imine (C=N–C) groups is 1. The minimum atomic E-state index is -0.525. The van der Waals surface area contributed by atoms with Crippen molar-refractivity contribution in [2.75, 3.05) is 11.9 Å². The molecule has 2 saturated carbocycles. The lowest BCUT2D eigenvalue weighted by Gasteiger charge is -2.31. The number of amides is 1. The van der Waals surface area contributed by atoms with E-state index in [2.05, 4.69) is 25.9 Å². The van der Waals surface area contributed by atoms with Crippen molar-refractivity contribution in [3.05, 3.63) is 35.3 Å². The molecular weight excluding hydrogens is 416 g/mol. The van der Waals surface area contributed by atoms with Crippen molar-refractivity contribution in [2.45, 2.75) is 62.7 Å². The molecule has 2 aliphatic heterocycles. The number of nitrogens with two attached hydrogens (primary N) is 1. The molecule has 10 heteroatoms.